The van der Waals surface area contributed by atoms with E-state index in [0.717, 1.165) is 17.7 Å². The predicted molar refractivity (Wildman–Crippen MR) is 87.3 cm³/mol. The summed E-state index contributed by atoms with van der Waals surface area (Å²) >= 11 is 0. The van der Waals surface area contributed by atoms with Crippen LogP contribution in [0.2, 0.25) is 0 Å². The van der Waals surface area contributed by atoms with Crippen molar-refractivity contribution in [2.24, 2.45) is 5.73 Å². The zero-order valence-electron chi connectivity index (χ0n) is 13.7. The lowest BCUT2D eigenvalue weighted by molar-refractivity contribution is 0.0991. The monoisotopic (exact) mass is 374 g/mol. The average Bonchev–Trinajstić information content (AvgIpc) is 3.29. The Morgan fingerprint density at radius 1 is 1.15 bits per heavy atom. The molecule has 1 aromatic heterocycles. The molecular weight excluding hydrogens is 362 g/mol. The van der Waals surface area contributed by atoms with E-state index in [0.29, 0.717) is 23.0 Å². The van der Waals surface area contributed by atoms with Gasteiger partial charge < -0.3 is 24.5 Å². The Morgan fingerprint density at radius 3 is 2.78 bits per heavy atom. The van der Waals surface area contributed by atoms with Gasteiger partial charge in [-0.15, -0.1) is 0 Å². The van der Waals surface area contributed by atoms with Crippen LogP contribution in [0, 0.1) is 11.6 Å². The number of carbonyl (C=O) groups excluding carboxylic acids is 1. The maximum atomic E-state index is 14.1. The summed E-state index contributed by atoms with van der Waals surface area (Å²) in [6, 6.07) is 8.86. The largest absolute Gasteiger partial charge is 0.482 e. The molecule has 138 valence electrons. The van der Waals surface area contributed by atoms with Gasteiger partial charge in [0.1, 0.15) is 23.7 Å². The number of primary amides is 1. The number of benzene rings is 2. The van der Waals surface area contributed by atoms with Gasteiger partial charge in [0, 0.05) is 11.6 Å². The number of fused-ring (bicyclic) bond motifs is 1. The van der Waals surface area contributed by atoms with Crippen molar-refractivity contribution < 1.29 is 32.3 Å². The molecule has 0 radical (unpaired) electrons. The van der Waals surface area contributed by atoms with Crippen molar-refractivity contribution in [2.45, 2.75) is 6.61 Å². The molecule has 27 heavy (non-hydrogen) atoms. The van der Waals surface area contributed by atoms with Crippen molar-refractivity contribution in [3.05, 3.63) is 59.4 Å². The van der Waals surface area contributed by atoms with Crippen LogP contribution in [0.1, 0.15) is 16.1 Å². The molecule has 2 aromatic carbocycles. The van der Waals surface area contributed by atoms with Gasteiger partial charge in [-0.2, -0.15) is 0 Å². The Labute approximate surface area is 151 Å². The van der Waals surface area contributed by atoms with Crippen LogP contribution >= 0.6 is 0 Å². The Hall–Kier alpha value is -3.62. The molecule has 0 aliphatic carbocycles. The predicted octanol–water partition coefficient (Wildman–Crippen LogP) is 3.03. The quantitative estimate of drug-likeness (QED) is 0.737. The number of hydrogen-bond acceptors (Lipinski definition) is 6. The highest BCUT2D eigenvalue weighted by molar-refractivity contribution is 5.93. The van der Waals surface area contributed by atoms with Gasteiger partial charge in [0.15, 0.2) is 28.8 Å². The molecule has 1 amide bonds. The van der Waals surface area contributed by atoms with E-state index in [9.17, 15) is 13.6 Å². The van der Waals surface area contributed by atoms with E-state index in [1.54, 1.807) is 24.3 Å². The Kier molecular flexibility index (Phi) is 4.11. The van der Waals surface area contributed by atoms with Gasteiger partial charge in [-0.05, 0) is 30.3 Å². The molecule has 0 bridgehead atoms. The maximum Gasteiger partial charge on any atom is 0.254 e. The minimum atomic E-state index is -1.22. The standard InChI is InChI=1S/C18H12F2N2O5/c19-11-2-4-14(17(20)16(11)18(21)23)24-7-10-6-12(22-27-10)9-1-3-13-15(5-9)26-8-25-13/h1-6H,7-8H2,(H2,21,23). The molecule has 7 nitrogen and oxygen atoms in total. The van der Waals surface area contributed by atoms with Crippen LogP contribution in [0.4, 0.5) is 8.78 Å². The van der Waals surface area contributed by atoms with E-state index in [1.165, 1.54) is 0 Å². The second kappa shape index (κ2) is 6.60. The Balaban J connectivity index is 1.51. The van der Waals surface area contributed by atoms with Crippen LogP contribution in [-0.2, 0) is 6.61 Å². The molecule has 9 heteroatoms. The molecular formula is C18H12F2N2O5. The minimum absolute atomic E-state index is 0.160. The number of nitrogens with zero attached hydrogens (tertiary/aromatic N) is 1. The van der Waals surface area contributed by atoms with Crippen LogP contribution < -0.4 is 19.9 Å². The van der Waals surface area contributed by atoms with E-state index < -0.39 is 23.1 Å². The zero-order valence-corrected chi connectivity index (χ0v) is 13.7. The Morgan fingerprint density at radius 2 is 1.96 bits per heavy atom. The second-order valence-electron chi connectivity index (χ2n) is 5.63. The lowest BCUT2D eigenvalue weighted by atomic mass is 10.1. The number of halogens is 2. The molecule has 2 N–H and O–H groups in total. The number of nitrogens with two attached hydrogens (primary N) is 1. The lowest BCUT2D eigenvalue weighted by Crippen LogP contribution is -2.16. The van der Waals surface area contributed by atoms with Crippen molar-refractivity contribution in [3.8, 4) is 28.5 Å². The van der Waals surface area contributed by atoms with Crippen LogP contribution in [0.5, 0.6) is 17.2 Å². The third kappa shape index (κ3) is 3.14. The summed E-state index contributed by atoms with van der Waals surface area (Å²) in [6.45, 7) is -0.0223. The van der Waals surface area contributed by atoms with E-state index in [2.05, 4.69) is 5.16 Å². The van der Waals surface area contributed by atoms with Gasteiger partial charge in [-0.1, -0.05) is 5.16 Å². The van der Waals surface area contributed by atoms with E-state index in [1.807, 2.05) is 0 Å². The normalized spacial score (nSPS) is 12.2. The summed E-state index contributed by atoms with van der Waals surface area (Å²) < 4.78 is 48.6. The molecule has 0 unspecified atom stereocenters. The van der Waals surface area contributed by atoms with Gasteiger partial charge in [0.2, 0.25) is 6.79 Å². The molecule has 0 saturated heterocycles. The summed E-state index contributed by atoms with van der Waals surface area (Å²) in [7, 11) is 0. The first kappa shape index (κ1) is 16.8. The fraction of sp³-hybridized carbons (Fsp3) is 0.111. The fourth-order valence-corrected chi connectivity index (χ4v) is 2.59. The first-order valence-corrected chi connectivity index (χ1v) is 7.79. The number of hydrogen-bond donors (Lipinski definition) is 1. The molecule has 4 rings (SSSR count). The van der Waals surface area contributed by atoms with Gasteiger partial charge in [-0.25, -0.2) is 8.78 Å². The molecule has 3 aromatic rings. The molecule has 0 atom stereocenters. The fourth-order valence-electron chi connectivity index (χ4n) is 2.59. The van der Waals surface area contributed by atoms with E-state index in [-0.39, 0.29) is 19.1 Å². The van der Waals surface area contributed by atoms with E-state index >= 15 is 0 Å². The van der Waals surface area contributed by atoms with Crippen molar-refractivity contribution in [3.63, 3.8) is 0 Å². The SMILES string of the molecule is NC(=O)c1c(F)ccc(OCc2cc(-c3ccc4c(c3)OCO4)no2)c1F. The summed E-state index contributed by atoms with van der Waals surface area (Å²) in [6.07, 6.45) is 0. The zero-order chi connectivity index (χ0) is 19.0. The first-order valence-electron chi connectivity index (χ1n) is 7.79. The number of carbonyl (C=O) groups is 1. The van der Waals surface area contributed by atoms with Crippen molar-refractivity contribution in [2.75, 3.05) is 6.79 Å². The van der Waals surface area contributed by atoms with E-state index in [4.69, 9.17) is 24.5 Å². The molecule has 0 spiro atoms. The lowest BCUT2D eigenvalue weighted by Gasteiger charge is -2.08. The van der Waals surface area contributed by atoms with Gasteiger partial charge >= 0.3 is 0 Å². The number of aromatic nitrogens is 1. The molecule has 0 saturated carbocycles. The summed E-state index contributed by atoms with van der Waals surface area (Å²) in [5.41, 5.74) is 5.37. The maximum absolute atomic E-state index is 14.1. The van der Waals surface area contributed by atoms with Crippen molar-refractivity contribution in [1.82, 2.24) is 5.16 Å². The smallest absolute Gasteiger partial charge is 0.254 e. The molecule has 1 aliphatic heterocycles. The topological polar surface area (TPSA) is 96.8 Å². The van der Waals surface area contributed by atoms with Crippen LogP contribution in [0.25, 0.3) is 11.3 Å². The Bertz CT molecular complexity index is 1030. The van der Waals surface area contributed by atoms with Crippen molar-refractivity contribution >= 4 is 5.91 Å². The van der Waals surface area contributed by atoms with Gasteiger partial charge in [-0.3, -0.25) is 4.79 Å². The van der Waals surface area contributed by atoms with Gasteiger partial charge in [0.25, 0.3) is 5.91 Å². The average molecular weight is 374 g/mol. The van der Waals surface area contributed by atoms with Crippen LogP contribution in [0.15, 0.2) is 40.9 Å². The molecule has 2 heterocycles. The summed E-state index contributed by atoms with van der Waals surface area (Å²) in [5, 5.41) is 3.93. The highest BCUT2D eigenvalue weighted by Crippen LogP contribution is 2.35. The summed E-state index contributed by atoms with van der Waals surface area (Å²) in [4.78, 5) is 11.1. The minimum Gasteiger partial charge on any atom is -0.482 e. The molecule has 0 fully saturated rings. The highest BCUT2D eigenvalue weighted by atomic mass is 19.1. The third-order valence-electron chi connectivity index (χ3n) is 3.90. The van der Waals surface area contributed by atoms with Crippen molar-refractivity contribution in [1.29, 1.82) is 0 Å². The summed E-state index contributed by atoms with van der Waals surface area (Å²) in [5.74, 6) is -2.24. The number of rotatable bonds is 5. The highest BCUT2D eigenvalue weighted by Gasteiger charge is 2.20. The first-order chi connectivity index (χ1) is 13.0. The van der Waals surface area contributed by atoms with Crippen LogP contribution in [0.3, 0.4) is 0 Å². The number of amides is 1. The van der Waals surface area contributed by atoms with Crippen LogP contribution in [-0.4, -0.2) is 17.9 Å². The third-order valence-corrected chi connectivity index (χ3v) is 3.90. The number of ether oxygens (including phenoxy) is 3. The molecule has 1 aliphatic rings. The second-order valence-corrected chi connectivity index (χ2v) is 5.63. The van der Waals surface area contributed by atoms with Gasteiger partial charge in [0.05, 0.1) is 0 Å².